The van der Waals surface area contributed by atoms with E-state index in [-0.39, 0.29) is 6.17 Å². The highest BCUT2D eigenvalue weighted by Gasteiger charge is 2.19. The maximum atomic E-state index is 6.13. The fourth-order valence-electron chi connectivity index (χ4n) is 5.57. The fourth-order valence-corrected chi connectivity index (χ4v) is 5.57. The van der Waals surface area contributed by atoms with E-state index in [1.807, 2.05) is 12.1 Å². The third kappa shape index (κ3) is 5.20. The summed E-state index contributed by atoms with van der Waals surface area (Å²) >= 11 is 0. The van der Waals surface area contributed by atoms with Crippen LogP contribution in [0.4, 0.5) is 0 Å². The lowest BCUT2D eigenvalue weighted by Gasteiger charge is -2.33. The fraction of sp³-hybridized carbons (Fsp3) is 0.419. The van der Waals surface area contributed by atoms with E-state index in [2.05, 4.69) is 88.6 Å². The molecule has 7 heteroatoms. The second kappa shape index (κ2) is 10.7. The van der Waals surface area contributed by atoms with Gasteiger partial charge in [-0.15, -0.1) is 5.11 Å². The molecule has 4 aromatic rings. The molecule has 1 N–H and O–H groups in total. The van der Waals surface area contributed by atoms with Crippen LogP contribution in [0.25, 0.3) is 32.9 Å². The largest absolute Gasteiger partial charge is 0.492 e. The highest BCUT2D eigenvalue weighted by molar-refractivity contribution is 6.05. The molecule has 2 aliphatic rings. The number of aromatic nitrogens is 2. The van der Waals surface area contributed by atoms with E-state index in [4.69, 9.17) is 9.73 Å². The maximum Gasteiger partial charge on any atom is 0.179 e. The predicted octanol–water partition coefficient (Wildman–Crippen LogP) is 7.22. The van der Waals surface area contributed by atoms with Crippen LogP contribution in [0.2, 0.25) is 0 Å². The summed E-state index contributed by atoms with van der Waals surface area (Å²) in [5.41, 5.74) is 3.96. The van der Waals surface area contributed by atoms with Gasteiger partial charge in [0.15, 0.2) is 12.0 Å². The van der Waals surface area contributed by atoms with E-state index < -0.39 is 0 Å². The molecule has 0 aliphatic carbocycles. The number of H-pyrrole nitrogens is 1. The van der Waals surface area contributed by atoms with Gasteiger partial charge in [0.1, 0.15) is 12.4 Å². The average Bonchev–Trinajstić information content (AvgIpc) is 3.56. The van der Waals surface area contributed by atoms with Gasteiger partial charge in [-0.1, -0.05) is 38.5 Å². The third-order valence-corrected chi connectivity index (χ3v) is 7.73. The van der Waals surface area contributed by atoms with Crippen molar-refractivity contribution >= 4 is 27.5 Å². The number of rotatable bonds is 8. The minimum atomic E-state index is -0.0767. The molecule has 2 unspecified atom stereocenters. The van der Waals surface area contributed by atoms with Crippen LogP contribution in [0, 0.1) is 5.92 Å². The molecule has 0 spiro atoms. The second-order valence-electron chi connectivity index (χ2n) is 11.1. The first-order chi connectivity index (χ1) is 18.5. The van der Waals surface area contributed by atoms with Crippen molar-refractivity contribution in [2.75, 3.05) is 19.7 Å². The molecule has 0 amide bonds. The highest BCUT2D eigenvalue weighted by Crippen LogP contribution is 2.31. The third-order valence-electron chi connectivity index (χ3n) is 7.73. The number of hydrogen-bond acceptors (Lipinski definition) is 6. The number of fused-ring (bicyclic) bond motifs is 2. The lowest BCUT2D eigenvalue weighted by atomic mass is 10.0. The van der Waals surface area contributed by atoms with Gasteiger partial charge in [-0.05, 0) is 85.8 Å². The van der Waals surface area contributed by atoms with E-state index in [0.717, 1.165) is 63.8 Å². The Morgan fingerprint density at radius 2 is 1.84 bits per heavy atom. The standard InChI is InChI=1S/C31H36N6O/c1-20(2)16-29-32-31(36-34-29)25-10-12-28-27(19-25)30(35-33-28)24-8-7-23-18-26(11-9-22(23)17-24)38-15-14-37-13-5-4-6-21(37)3/h7-12,17-21,29H,4-6,13-16H2,1-3H3,(H,33,35). The van der Waals surface area contributed by atoms with Crippen molar-refractivity contribution in [2.45, 2.75) is 58.7 Å². The predicted molar refractivity (Wildman–Crippen MR) is 154 cm³/mol. The zero-order valence-corrected chi connectivity index (χ0v) is 22.5. The normalized spacial score (nSPS) is 20.1. The van der Waals surface area contributed by atoms with E-state index in [9.17, 15) is 0 Å². The monoisotopic (exact) mass is 508 g/mol. The van der Waals surface area contributed by atoms with Gasteiger partial charge in [-0.25, -0.2) is 4.99 Å². The number of ether oxygens (including phenoxy) is 1. The molecule has 0 bridgehead atoms. The molecule has 3 aromatic carbocycles. The van der Waals surface area contributed by atoms with Gasteiger partial charge in [0.25, 0.3) is 0 Å². The van der Waals surface area contributed by atoms with Crippen LogP contribution in [-0.4, -0.2) is 52.8 Å². The van der Waals surface area contributed by atoms with Gasteiger partial charge >= 0.3 is 0 Å². The number of likely N-dealkylation sites (tertiary alicyclic amines) is 1. The molecule has 196 valence electrons. The van der Waals surface area contributed by atoms with E-state index in [1.54, 1.807) is 0 Å². The Morgan fingerprint density at radius 1 is 1.00 bits per heavy atom. The quantitative estimate of drug-likeness (QED) is 0.273. The summed E-state index contributed by atoms with van der Waals surface area (Å²) in [7, 11) is 0. The maximum absolute atomic E-state index is 6.13. The number of azo groups is 1. The van der Waals surface area contributed by atoms with Gasteiger partial charge < -0.3 is 4.74 Å². The number of nitrogens with zero attached hydrogens (tertiary/aromatic N) is 5. The summed E-state index contributed by atoms with van der Waals surface area (Å²) < 4.78 is 6.13. The first-order valence-electron chi connectivity index (χ1n) is 13.9. The lowest BCUT2D eigenvalue weighted by Crippen LogP contribution is -2.39. The number of benzene rings is 3. The van der Waals surface area contributed by atoms with E-state index in [1.165, 1.54) is 25.8 Å². The molecule has 1 saturated heterocycles. The molecule has 38 heavy (non-hydrogen) atoms. The number of nitrogens with one attached hydrogen (secondary N) is 1. The zero-order valence-electron chi connectivity index (χ0n) is 22.5. The average molecular weight is 509 g/mol. The van der Waals surface area contributed by atoms with Crippen molar-refractivity contribution in [3.63, 3.8) is 0 Å². The molecular weight excluding hydrogens is 472 g/mol. The van der Waals surface area contributed by atoms with Gasteiger partial charge in [-0.2, -0.15) is 10.2 Å². The Morgan fingerprint density at radius 3 is 2.71 bits per heavy atom. The van der Waals surface area contributed by atoms with Crippen molar-refractivity contribution in [2.24, 2.45) is 21.1 Å². The summed E-state index contributed by atoms with van der Waals surface area (Å²) in [5.74, 6) is 2.15. The summed E-state index contributed by atoms with van der Waals surface area (Å²) in [4.78, 5) is 7.27. The van der Waals surface area contributed by atoms with E-state index in [0.29, 0.717) is 17.8 Å². The van der Waals surface area contributed by atoms with Gasteiger partial charge in [0.05, 0.1) is 11.2 Å². The second-order valence-corrected chi connectivity index (χ2v) is 11.1. The molecule has 2 aliphatic heterocycles. The van der Waals surface area contributed by atoms with Gasteiger partial charge in [-0.3, -0.25) is 10.00 Å². The summed E-state index contributed by atoms with van der Waals surface area (Å²) in [5, 5.41) is 19.9. The van der Waals surface area contributed by atoms with Gasteiger partial charge in [0, 0.05) is 29.1 Å². The lowest BCUT2D eigenvalue weighted by molar-refractivity contribution is 0.133. The topological polar surface area (TPSA) is 78.2 Å². The molecule has 7 nitrogen and oxygen atoms in total. The number of hydrogen-bond donors (Lipinski definition) is 1. The van der Waals surface area contributed by atoms with Crippen molar-refractivity contribution in [3.05, 3.63) is 60.2 Å². The molecular formula is C31H36N6O. The molecule has 0 saturated carbocycles. The van der Waals surface area contributed by atoms with Crippen LogP contribution in [0.15, 0.2) is 69.8 Å². The molecule has 1 fully saturated rings. The highest BCUT2D eigenvalue weighted by atomic mass is 16.5. The number of aromatic amines is 1. The smallest absolute Gasteiger partial charge is 0.179 e. The molecule has 1 aromatic heterocycles. The first-order valence-corrected chi connectivity index (χ1v) is 13.9. The van der Waals surface area contributed by atoms with Crippen molar-refractivity contribution in [1.29, 1.82) is 0 Å². The van der Waals surface area contributed by atoms with Crippen LogP contribution in [0.5, 0.6) is 5.75 Å². The summed E-state index contributed by atoms with van der Waals surface area (Å²) in [6.07, 6.45) is 4.78. The summed E-state index contributed by atoms with van der Waals surface area (Å²) in [6, 6.07) is 19.7. The first kappa shape index (κ1) is 24.7. The SMILES string of the molecule is CC(C)CC1N=NC(c2ccc3[nH]nc(-c4ccc5cc(OCCN6CCCCC6C)ccc5c4)c3c2)=N1. The minimum Gasteiger partial charge on any atom is -0.492 e. The van der Waals surface area contributed by atoms with Crippen molar-refractivity contribution < 1.29 is 4.74 Å². The zero-order chi connectivity index (χ0) is 26.1. The molecule has 0 radical (unpaired) electrons. The van der Waals surface area contributed by atoms with Crippen molar-refractivity contribution in [1.82, 2.24) is 15.1 Å². The van der Waals surface area contributed by atoms with Crippen LogP contribution < -0.4 is 4.74 Å². The minimum absolute atomic E-state index is 0.0767. The Kier molecular flexibility index (Phi) is 6.94. The Balaban J connectivity index is 1.20. The van der Waals surface area contributed by atoms with Gasteiger partial charge in [0.2, 0.25) is 0 Å². The Labute approximate surface area is 224 Å². The Bertz CT molecular complexity index is 1500. The molecule has 3 heterocycles. The molecule has 6 rings (SSSR count). The van der Waals surface area contributed by atoms with Crippen molar-refractivity contribution in [3.8, 4) is 17.0 Å². The number of amidine groups is 1. The van der Waals surface area contributed by atoms with E-state index >= 15 is 0 Å². The number of piperidine rings is 1. The van der Waals surface area contributed by atoms with Crippen LogP contribution >= 0.6 is 0 Å². The van der Waals surface area contributed by atoms with Crippen LogP contribution in [0.3, 0.4) is 0 Å². The number of aliphatic imine (C=N–C) groups is 1. The van der Waals surface area contributed by atoms with Crippen LogP contribution in [0.1, 0.15) is 52.0 Å². The Hall–Kier alpha value is -3.58. The molecule has 2 atom stereocenters. The van der Waals surface area contributed by atoms with Crippen LogP contribution in [-0.2, 0) is 0 Å². The summed E-state index contributed by atoms with van der Waals surface area (Å²) in [6.45, 7) is 9.58.